The van der Waals surface area contributed by atoms with E-state index >= 15 is 4.39 Å². The minimum Gasteiger partial charge on any atom is -0.335 e. The molecule has 39 heavy (non-hydrogen) atoms. The van der Waals surface area contributed by atoms with Gasteiger partial charge in [-0.2, -0.15) is 5.10 Å². The number of nitrogens with zero attached hydrogens (tertiary/aromatic N) is 5. The number of nitrogens with one attached hydrogen (secondary N) is 3. The summed E-state index contributed by atoms with van der Waals surface area (Å²) >= 11 is 0. The summed E-state index contributed by atoms with van der Waals surface area (Å²) in [7, 11) is 0. The van der Waals surface area contributed by atoms with Crippen LogP contribution in [-0.4, -0.2) is 41.0 Å². The van der Waals surface area contributed by atoms with Gasteiger partial charge in [0.25, 0.3) is 0 Å². The number of rotatable bonds is 5. The van der Waals surface area contributed by atoms with E-state index in [0.29, 0.717) is 50.4 Å². The van der Waals surface area contributed by atoms with Crippen molar-refractivity contribution >= 4 is 33.5 Å². The van der Waals surface area contributed by atoms with Crippen LogP contribution in [0.5, 0.6) is 0 Å². The molecule has 0 unspecified atom stereocenters. The van der Waals surface area contributed by atoms with Gasteiger partial charge in [-0.1, -0.05) is 18.6 Å². The fourth-order valence-corrected chi connectivity index (χ4v) is 4.82. The number of halogens is 2. The van der Waals surface area contributed by atoms with E-state index in [2.05, 4.69) is 35.5 Å². The van der Waals surface area contributed by atoms with Crippen LogP contribution in [0.2, 0.25) is 0 Å². The molecular weight excluding hydrogens is 502 g/mol. The Morgan fingerprint density at radius 2 is 1.87 bits per heavy atom. The minimum absolute atomic E-state index is 0.00814. The lowest BCUT2D eigenvalue weighted by molar-refractivity contribution is -0.122. The Morgan fingerprint density at radius 1 is 1.00 bits per heavy atom. The van der Waals surface area contributed by atoms with Crippen molar-refractivity contribution < 1.29 is 13.6 Å². The van der Waals surface area contributed by atoms with Crippen LogP contribution in [0.1, 0.15) is 19.3 Å². The molecule has 1 amide bonds. The number of aromatic nitrogens is 7. The second-order valence-electron chi connectivity index (χ2n) is 9.54. The molecule has 11 heteroatoms. The number of pyridine rings is 3. The lowest BCUT2D eigenvalue weighted by Gasteiger charge is -2.24. The first kappa shape index (κ1) is 23.1. The normalized spacial score (nSPS) is 13.6. The zero-order chi connectivity index (χ0) is 26.5. The first-order valence-electron chi connectivity index (χ1n) is 12.4. The largest absolute Gasteiger partial charge is 0.335 e. The molecular formula is C28H20F2N8O. The van der Waals surface area contributed by atoms with Crippen LogP contribution in [0.15, 0.2) is 61.3 Å². The summed E-state index contributed by atoms with van der Waals surface area (Å²) < 4.78 is 29.9. The molecule has 1 saturated carbocycles. The van der Waals surface area contributed by atoms with Crippen LogP contribution in [0.25, 0.3) is 55.8 Å². The molecule has 1 aliphatic carbocycles. The van der Waals surface area contributed by atoms with Gasteiger partial charge < -0.3 is 10.3 Å². The smallest absolute Gasteiger partial charge is 0.227 e. The Hall–Kier alpha value is -5.06. The van der Waals surface area contributed by atoms with Gasteiger partial charge in [0, 0.05) is 29.4 Å². The highest BCUT2D eigenvalue weighted by molar-refractivity contribution is 5.98. The van der Waals surface area contributed by atoms with Crippen molar-refractivity contribution in [2.75, 3.05) is 5.32 Å². The molecule has 3 N–H and O–H groups in total. The zero-order valence-corrected chi connectivity index (χ0v) is 20.4. The van der Waals surface area contributed by atoms with Crippen LogP contribution in [0.4, 0.5) is 14.5 Å². The number of hydrogen-bond acceptors (Lipinski definition) is 6. The van der Waals surface area contributed by atoms with Gasteiger partial charge in [-0.05, 0) is 36.6 Å². The summed E-state index contributed by atoms with van der Waals surface area (Å²) in [6.07, 6.45) is 10.5. The zero-order valence-electron chi connectivity index (χ0n) is 20.4. The van der Waals surface area contributed by atoms with E-state index in [9.17, 15) is 9.18 Å². The van der Waals surface area contributed by atoms with E-state index < -0.39 is 5.82 Å². The average Bonchev–Trinajstić information content (AvgIpc) is 3.52. The molecule has 0 atom stereocenters. The molecule has 192 valence electrons. The molecule has 0 saturated heterocycles. The minimum atomic E-state index is -0.607. The fourth-order valence-electron chi connectivity index (χ4n) is 4.82. The van der Waals surface area contributed by atoms with Crippen LogP contribution >= 0.6 is 0 Å². The molecule has 1 fully saturated rings. The van der Waals surface area contributed by atoms with Gasteiger partial charge in [0.1, 0.15) is 22.7 Å². The van der Waals surface area contributed by atoms with Crippen molar-refractivity contribution in [3.05, 3.63) is 73.0 Å². The molecule has 5 heterocycles. The highest BCUT2D eigenvalue weighted by atomic mass is 19.1. The van der Waals surface area contributed by atoms with E-state index in [4.69, 9.17) is 4.98 Å². The molecule has 1 aromatic carbocycles. The summed E-state index contributed by atoms with van der Waals surface area (Å²) in [5.41, 5.74) is 4.01. The highest BCUT2D eigenvalue weighted by Crippen LogP contribution is 2.35. The van der Waals surface area contributed by atoms with Crippen molar-refractivity contribution in [1.29, 1.82) is 0 Å². The molecule has 5 aromatic heterocycles. The van der Waals surface area contributed by atoms with Gasteiger partial charge in [0.15, 0.2) is 11.6 Å². The second kappa shape index (κ2) is 9.05. The predicted molar refractivity (Wildman–Crippen MR) is 141 cm³/mol. The van der Waals surface area contributed by atoms with E-state index in [-0.39, 0.29) is 28.7 Å². The number of fused-ring (bicyclic) bond motifs is 2. The quantitative estimate of drug-likeness (QED) is 0.269. The number of imidazole rings is 1. The maximum absolute atomic E-state index is 16.0. The first-order valence-corrected chi connectivity index (χ1v) is 12.4. The van der Waals surface area contributed by atoms with Crippen molar-refractivity contribution in [2.24, 2.45) is 5.92 Å². The molecule has 7 rings (SSSR count). The summed E-state index contributed by atoms with van der Waals surface area (Å²) in [4.78, 5) is 33.0. The number of benzene rings is 1. The Labute approximate surface area is 219 Å². The van der Waals surface area contributed by atoms with Crippen LogP contribution in [-0.2, 0) is 4.79 Å². The molecule has 1 aliphatic rings. The Morgan fingerprint density at radius 3 is 2.69 bits per heavy atom. The van der Waals surface area contributed by atoms with Gasteiger partial charge in [-0.25, -0.2) is 13.8 Å². The van der Waals surface area contributed by atoms with Gasteiger partial charge in [0.05, 0.1) is 40.7 Å². The lowest BCUT2D eigenvalue weighted by atomic mass is 9.85. The SMILES string of the molecule is O=C(Nc1cncc(-c2ncc3n[nH]c(-c4nc5c(-c6cccc(F)c6)cncc5[nH]4)c3c2F)c1)C1CCC1. The summed E-state index contributed by atoms with van der Waals surface area (Å²) in [5, 5.41) is 10.1. The molecule has 0 spiro atoms. The van der Waals surface area contributed by atoms with Crippen LogP contribution in [0, 0.1) is 17.6 Å². The highest BCUT2D eigenvalue weighted by Gasteiger charge is 2.26. The van der Waals surface area contributed by atoms with E-state index in [1.807, 2.05) is 0 Å². The standard InChI is InChI=1S/C28H20F2N8O/c29-17-6-2-5-15(7-17)19-11-32-12-21-25(19)36-27(35-21)26-22-20(37-38-26)13-33-24(23(22)30)16-8-18(10-31-9-16)34-28(39)14-3-1-4-14/h2,5-14H,1,3-4H2,(H,34,39)(H,35,36)(H,37,38). The topological polar surface area (TPSA) is 125 Å². The van der Waals surface area contributed by atoms with Crippen molar-refractivity contribution in [3.63, 3.8) is 0 Å². The summed E-state index contributed by atoms with van der Waals surface area (Å²) in [6, 6.07) is 7.81. The Kier molecular flexibility index (Phi) is 5.36. The average molecular weight is 523 g/mol. The fraction of sp³-hybridized carbons (Fsp3) is 0.143. The third-order valence-corrected chi connectivity index (χ3v) is 7.06. The number of anilines is 1. The van der Waals surface area contributed by atoms with E-state index in [1.54, 1.807) is 30.6 Å². The van der Waals surface area contributed by atoms with Gasteiger partial charge >= 0.3 is 0 Å². The number of H-pyrrole nitrogens is 2. The Balaban J connectivity index is 1.30. The number of aromatic amines is 2. The number of carbonyl (C=O) groups excluding carboxylic acids is 1. The maximum Gasteiger partial charge on any atom is 0.227 e. The molecule has 6 aromatic rings. The first-order chi connectivity index (χ1) is 19.0. The van der Waals surface area contributed by atoms with Crippen LogP contribution < -0.4 is 5.32 Å². The number of amides is 1. The Bertz CT molecular complexity index is 1890. The van der Waals surface area contributed by atoms with E-state index in [0.717, 1.165) is 19.3 Å². The predicted octanol–water partition coefficient (Wildman–Crippen LogP) is 5.64. The summed E-state index contributed by atoms with van der Waals surface area (Å²) in [5.74, 6) is -0.687. The maximum atomic E-state index is 16.0. The van der Waals surface area contributed by atoms with Gasteiger partial charge in [-0.15, -0.1) is 0 Å². The monoisotopic (exact) mass is 522 g/mol. The van der Waals surface area contributed by atoms with Gasteiger partial charge in [0.2, 0.25) is 5.91 Å². The molecule has 0 radical (unpaired) electrons. The molecule has 9 nitrogen and oxygen atoms in total. The van der Waals surface area contributed by atoms with Crippen LogP contribution in [0.3, 0.4) is 0 Å². The van der Waals surface area contributed by atoms with E-state index in [1.165, 1.54) is 30.7 Å². The number of hydrogen-bond donors (Lipinski definition) is 3. The lowest BCUT2D eigenvalue weighted by Crippen LogP contribution is -2.28. The molecule has 0 bridgehead atoms. The number of carbonyl (C=O) groups is 1. The van der Waals surface area contributed by atoms with Crippen molar-refractivity contribution in [2.45, 2.75) is 19.3 Å². The third kappa shape index (κ3) is 3.99. The van der Waals surface area contributed by atoms with Crippen molar-refractivity contribution in [1.82, 2.24) is 35.1 Å². The second-order valence-corrected chi connectivity index (χ2v) is 9.54. The molecule has 0 aliphatic heterocycles. The van der Waals surface area contributed by atoms with Gasteiger partial charge in [-0.3, -0.25) is 24.8 Å². The third-order valence-electron chi connectivity index (χ3n) is 7.06. The summed E-state index contributed by atoms with van der Waals surface area (Å²) in [6.45, 7) is 0. The van der Waals surface area contributed by atoms with Crippen molar-refractivity contribution in [3.8, 4) is 33.9 Å².